The van der Waals surface area contributed by atoms with E-state index in [1.54, 1.807) is 24.3 Å². The first-order valence-electron chi connectivity index (χ1n) is 9.55. The van der Waals surface area contributed by atoms with Crippen LogP contribution in [0.5, 0.6) is 0 Å². The van der Waals surface area contributed by atoms with Gasteiger partial charge in [-0.2, -0.15) is 5.26 Å². The molecule has 2 aromatic carbocycles. The fourth-order valence-electron chi connectivity index (χ4n) is 3.65. The van der Waals surface area contributed by atoms with Crippen molar-refractivity contribution in [3.8, 4) is 6.07 Å². The molecule has 1 saturated heterocycles. The number of benzene rings is 2. The van der Waals surface area contributed by atoms with Gasteiger partial charge in [-0.05, 0) is 61.9 Å². The molecule has 140 valence electrons. The van der Waals surface area contributed by atoms with Crippen molar-refractivity contribution in [3.63, 3.8) is 0 Å². The van der Waals surface area contributed by atoms with E-state index in [-0.39, 0.29) is 6.03 Å². The van der Waals surface area contributed by atoms with Gasteiger partial charge in [0, 0.05) is 18.3 Å². The van der Waals surface area contributed by atoms with E-state index in [1.807, 2.05) is 0 Å². The largest absolute Gasteiger partial charge is 0.338 e. The average Bonchev–Trinajstić information content (AvgIpc) is 2.69. The summed E-state index contributed by atoms with van der Waals surface area (Å²) in [5.74, 6) is 0.696. The number of carbonyl (C=O) groups is 1. The molecule has 3 rings (SSSR count). The number of urea groups is 1. The number of anilines is 1. The molecule has 2 atom stereocenters. The molecule has 3 N–H and O–H groups in total. The second-order valence-electron chi connectivity index (χ2n) is 7.09. The van der Waals surface area contributed by atoms with Gasteiger partial charge >= 0.3 is 6.03 Å². The monoisotopic (exact) mass is 362 g/mol. The summed E-state index contributed by atoms with van der Waals surface area (Å²) in [4.78, 5) is 12.0. The summed E-state index contributed by atoms with van der Waals surface area (Å²) in [5.41, 5.74) is 2.56. The van der Waals surface area contributed by atoms with Crippen molar-refractivity contribution in [2.24, 2.45) is 5.92 Å². The number of piperidine rings is 1. The summed E-state index contributed by atoms with van der Waals surface area (Å²) < 4.78 is 0. The standard InChI is InChI=1S/C22H26N4O/c23-16-19-7-4-8-21(15-19)26-22(27)25-12-10-20-14-18(9-11-24-20)13-17-5-2-1-3-6-17/h1-8,15,18,20,24H,9-14H2,(H2,25,26,27). The number of rotatable bonds is 6. The van der Waals surface area contributed by atoms with E-state index in [0.29, 0.717) is 29.8 Å². The van der Waals surface area contributed by atoms with Gasteiger partial charge in [0.25, 0.3) is 0 Å². The van der Waals surface area contributed by atoms with Crippen LogP contribution in [0, 0.1) is 17.2 Å². The second kappa shape index (κ2) is 9.75. The van der Waals surface area contributed by atoms with Crippen molar-refractivity contribution in [2.45, 2.75) is 31.7 Å². The molecular formula is C22H26N4O. The van der Waals surface area contributed by atoms with Crippen molar-refractivity contribution in [3.05, 3.63) is 65.7 Å². The van der Waals surface area contributed by atoms with Gasteiger partial charge in [0.1, 0.15) is 0 Å². The van der Waals surface area contributed by atoms with Crippen molar-refractivity contribution < 1.29 is 4.79 Å². The number of nitriles is 1. The summed E-state index contributed by atoms with van der Waals surface area (Å²) in [7, 11) is 0. The van der Waals surface area contributed by atoms with E-state index >= 15 is 0 Å². The Morgan fingerprint density at radius 3 is 2.85 bits per heavy atom. The fraction of sp³-hybridized carbons (Fsp3) is 0.364. The smallest absolute Gasteiger partial charge is 0.319 e. The number of amides is 2. The maximum atomic E-state index is 12.0. The molecule has 5 heteroatoms. The van der Waals surface area contributed by atoms with Crippen LogP contribution < -0.4 is 16.0 Å². The Labute approximate surface area is 160 Å². The highest BCUT2D eigenvalue weighted by Gasteiger charge is 2.21. The van der Waals surface area contributed by atoms with Gasteiger partial charge in [-0.25, -0.2) is 4.79 Å². The summed E-state index contributed by atoms with van der Waals surface area (Å²) >= 11 is 0. The summed E-state index contributed by atoms with van der Waals surface area (Å²) in [6.07, 6.45) is 4.38. The molecule has 0 aromatic heterocycles. The maximum Gasteiger partial charge on any atom is 0.319 e. The van der Waals surface area contributed by atoms with Gasteiger partial charge in [-0.15, -0.1) is 0 Å². The van der Waals surface area contributed by atoms with E-state index in [9.17, 15) is 4.79 Å². The highest BCUT2D eigenvalue weighted by Crippen LogP contribution is 2.22. The topological polar surface area (TPSA) is 77.0 Å². The highest BCUT2D eigenvalue weighted by atomic mass is 16.2. The first kappa shape index (κ1) is 18.9. The van der Waals surface area contributed by atoms with Gasteiger partial charge in [0.15, 0.2) is 0 Å². The van der Waals surface area contributed by atoms with Crippen LogP contribution in [0.1, 0.15) is 30.4 Å². The molecule has 2 unspecified atom stereocenters. The number of carbonyl (C=O) groups excluding carboxylic acids is 1. The molecule has 1 fully saturated rings. The lowest BCUT2D eigenvalue weighted by Crippen LogP contribution is -2.41. The van der Waals surface area contributed by atoms with Gasteiger partial charge in [-0.1, -0.05) is 36.4 Å². The third kappa shape index (κ3) is 6.12. The van der Waals surface area contributed by atoms with Crippen molar-refractivity contribution in [1.82, 2.24) is 10.6 Å². The number of nitrogens with zero attached hydrogens (tertiary/aromatic N) is 1. The molecule has 1 aliphatic rings. The number of hydrogen-bond acceptors (Lipinski definition) is 3. The Morgan fingerprint density at radius 1 is 1.19 bits per heavy atom. The van der Waals surface area contributed by atoms with Crippen LogP contribution in [-0.4, -0.2) is 25.2 Å². The quantitative estimate of drug-likeness (QED) is 0.734. The van der Waals surface area contributed by atoms with Crippen LogP contribution in [0.3, 0.4) is 0 Å². The molecule has 0 saturated carbocycles. The van der Waals surface area contributed by atoms with Crippen molar-refractivity contribution >= 4 is 11.7 Å². The Bertz CT molecular complexity index is 784. The summed E-state index contributed by atoms with van der Waals surface area (Å²) in [6, 6.07) is 19.8. The Balaban J connectivity index is 1.39. The van der Waals surface area contributed by atoms with E-state index in [0.717, 1.165) is 25.8 Å². The molecule has 2 amide bonds. The van der Waals surface area contributed by atoms with Crippen molar-refractivity contribution in [2.75, 3.05) is 18.4 Å². The zero-order chi connectivity index (χ0) is 18.9. The lowest BCUT2D eigenvalue weighted by atomic mass is 9.86. The van der Waals surface area contributed by atoms with Crippen LogP contribution in [-0.2, 0) is 6.42 Å². The Kier molecular flexibility index (Phi) is 6.84. The van der Waals surface area contributed by atoms with Crippen LogP contribution in [0.2, 0.25) is 0 Å². The molecule has 0 bridgehead atoms. The highest BCUT2D eigenvalue weighted by molar-refractivity contribution is 5.89. The molecule has 0 spiro atoms. The normalized spacial score (nSPS) is 19.1. The minimum absolute atomic E-state index is 0.235. The van der Waals surface area contributed by atoms with Gasteiger partial charge in [0.05, 0.1) is 11.6 Å². The number of hydrogen-bond donors (Lipinski definition) is 3. The average molecular weight is 362 g/mol. The third-order valence-electron chi connectivity index (χ3n) is 5.00. The molecular weight excluding hydrogens is 336 g/mol. The lowest BCUT2D eigenvalue weighted by Gasteiger charge is -2.30. The predicted molar refractivity (Wildman–Crippen MR) is 107 cm³/mol. The molecule has 0 aliphatic carbocycles. The van der Waals surface area contributed by atoms with Gasteiger partial charge in [0.2, 0.25) is 0 Å². The van der Waals surface area contributed by atoms with Crippen LogP contribution in [0.25, 0.3) is 0 Å². The Morgan fingerprint density at radius 2 is 2.04 bits per heavy atom. The molecule has 1 heterocycles. The minimum atomic E-state index is -0.235. The fourth-order valence-corrected chi connectivity index (χ4v) is 3.65. The zero-order valence-electron chi connectivity index (χ0n) is 15.4. The van der Waals surface area contributed by atoms with Crippen LogP contribution in [0.15, 0.2) is 54.6 Å². The van der Waals surface area contributed by atoms with Crippen molar-refractivity contribution in [1.29, 1.82) is 5.26 Å². The van der Waals surface area contributed by atoms with Gasteiger partial charge in [-0.3, -0.25) is 0 Å². The maximum absolute atomic E-state index is 12.0. The van der Waals surface area contributed by atoms with Gasteiger partial charge < -0.3 is 16.0 Å². The van der Waals surface area contributed by atoms with E-state index in [1.165, 1.54) is 12.0 Å². The zero-order valence-corrected chi connectivity index (χ0v) is 15.4. The molecule has 5 nitrogen and oxygen atoms in total. The lowest BCUT2D eigenvalue weighted by molar-refractivity contribution is 0.249. The SMILES string of the molecule is N#Cc1cccc(NC(=O)NCCC2CC(Cc3ccccc3)CCN2)c1. The second-order valence-corrected chi connectivity index (χ2v) is 7.09. The third-order valence-corrected chi connectivity index (χ3v) is 5.00. The molecule has 0 radical (unpaired) electrons. The van der Waals surface area contributed by atoms with E-state index in [2.05, 4.69) is 52.4 Å². The predicted octanol–water partition coefficient (Wildman–Crippen LogP) is 3.68. The molecule has 2 aromatic rings. The van der Waals surface area contributed by atoms with Crippen LogP contribution in [0.4, 0.5) is 10.5 Å². The summed E-state index contributed by atoms with van der Waals surface area (Å²) in [5, 5.41) is 18.2. The van der Waals surface area contributed by atoms with Crippen LogP contribution >= 0.6 is 0 Å². The first-order valence-corrected chi connectivity index (χ1v) is 9.55. The first-order chi connectivity index (χ1) is 13.2. The molecule has 1 aliphatic heterocycles. The van der Waals surface area contributed by atoms with E-state index < -0.39 is 0 Å². The van der Waals surface area contributed by atoms with E-state index in [4.69, 9.17) is 5.26 Å². The number of nitrogens with one attached hydrogen (secondary N) is 3. The molecule has 27 heavy (non-hydrogen) atoms. The summed E-state index contributed by atoms with van der Waals surface area (Å²) in [6.45, 7) is 1.66. The minimum Gasteiger partial charge on any atom is -0.338 e. The Hall–Kier alpha value is -2.84.